The van der Waals surface area contributed by atoms with Crippen LogP contribution in [0.2, 0.25) is 0 Å². The number of sulfonamides is 1. The molecule has 2 aromatic carbocycles. The second-order valence-electron chi connectivity index (χ2n) is 6.21. The Morgan fingerprint density at radius 2 is 1.85 bits per heavy atom. The fourth-order valence-corrected chi connectivity index (χ4v) is 5.41. The number of aryl methyl sites for hydroxylation is 1. The predicted molar refractivity (Wildman–Crippen MR) is 98.4 cm³/mol. The molecule has 0 aromatic heterocycles. The lowest BCUT2D eigenvalue weighted by molar-refractivity contribution is -0.0450. The quantitative estimate of drug-likeness (QED) is 0.792. The maximum Gasteiger partial charge on any atom is 0.511 e. The van der Waals surface area contributed by atoms with Crippen LogP contribution in [0.25, 0.3) is 0 Å². The number of ether oxygens (including phenoxy) is 1. The molecule has 0 bridgehead atoms. The molecule has 0 spiro atoms. The van der Waals surface area contributed by atoms with Crippen molar-refractivity contribution in [1.29, 1.82) is 0 Å². The van der Waals surface area contributed by atoms with E-state index >= 15 is 0 Å². The zero-order valence-corrected chi connectivity index (χ0v) is 16.2. The van der Waals surface area contributed by atoms with Gasteiger partial charge >= 0.3 is 15.5 Å². The van der Waals surface area contributed by atoms with Gasteiger partial charge in [0.2, 0.25) is 0 Å². The molecule has 0 saturated carbocycles. The van der Waals surface area contributed by atoms with Gasteiger partial charge in [-0.1, -0.05) is 36.4 Å². The molecule has 27 heavy (non-hydrogen) atoms. The van der Waals surface area contributed by atoms with Gasteiger partial charge in [0, 0.05) is 5.25 Å². The van der Waals surface area contributed by atoms with Gasteiger partial charge in [-0.2, -0.15) is 17.9 Å². The van der Waals surface area contributed by atoms with Gasteiger partial charge in [-0.3, -0.25) is 0 Å². The molecular formula is C18H18F3NO3S2. The topological polar surface area (TPSA) is 55.4 Å². The third-order valence-corrected chi connectivity index (χ3v) is 7.11. The van der Waals surface area contributed by atoms with Gasteiger partial charge in [-0.25, -0.2) is 8.42 Å². The molecule has 2 unspecified atom stereocenters. The summed E-state index contributed by atoms with van der Waals surface area (Å²) in [4.78, 5) is 0.786. The Morgan fingerprint density at radius 1 is 1.15 bits per heavy atom. The molecule has 1 aliphatic rings. The summed E-state index contributed by atoms with van der Waals surface area (Å²) in [5.41, 5.74) is -3.05. The van der Waals surface area contributed by atoms with Crippen LogP contribution in [-0.4, -0.2) is 26.3 Å². The molecule has 3 rings (SSSR count). The van der Waals surface area contributed by atoms with Gasteiger partial charge in [-0.15, -0.1) is 11.8 Å². The van der Waals surface area contributed by atoms with E-state index < -0.39 is 26.8 Å². The lowest BCUT2D eigenvalue weighted by Gasteiger charge is -2.23. The predicted octanol–water partition coefficient (Wildman–Crippen LogP) is 4.20. The number of hydrogen-bond acceptors (Lipinski definition) is 4. The lowest BCUT2D eigenvalue weighted by Crippen LogP contribution is -2.40. The van der Waals surface area contributed by atoms with Gasteiger partial charge in [0.1, 0.15) is 5.75 Å². The van der Waals surface area contributed by atoms with Crippen molar-refractivity contribution in [3.63, 3.8) is 0 Å². The molecule has 1 aliphatic carbocycles. The molecule has 9 heteroatoms. The maximum absolute atomic E-state index is 12.9. The second kappa shape index (κ2) is 7.37. The normalized spacial score (nSPS) is 19.7. The van der Waals surface area contributed by atoms with E-state index in [1.165, 1.54) is 18.9 Å². The van der Waals surface area contributed by atoms with Crippen molar-refractivity contribution >= 4 is 21.8 Å². The van der Waals surface area contributed by atoms with Crippen molar-refractivity contribution < 1.29 is 26.3 Å². The number of methoxy groups -OCH3 is 1. The van der Waals surface area contributed by atoms with Gasteiger partial charge in [-0.05, 0) is 36.1 Å². The molecule has 4 nitrogen and oxygen atoms in total. The Kier molecular flexibility index (Phi) is 5.47. The van der Waals surface area contributed by atoms with Crippen molar-refractivity contribution in [2.24, 2.45) is 0 Å². The first-order valence-electron chi connectivity index (χ1n) is 8.10. The molecule has 0 heterocycles. The van der Waals surface area contributed by atoms with Gasteiger partial charge < -0.3 is 4.74 Å². The number of nitrogens with one attached hydrogen (secondary N) is 1. The van der Waals surface area contributed by atoms with Crippen LogP contribution in [0.15, 0.2) is 47.4 Å². The highest BCUT2D eigenvalue weighted by atomic mass is 32.2. The molecule has 2 aromatic rings. The molecule has 0 amide bonds. The van der Waals surface area contributed by atoms with Crippen molar-refractivity contribution in [3.8, 4) is 5.75 Å². The van der Waals surface area contributed by atoms with Gasteiger partial charge in [0.15, 0.2) is 0 Å². The summed E-state index contributed by atoms with van der Waals surface area (Å²) in [6.07, 6.45) is 0.448. The number of halogens is 3. The van der Waals surface area contributed by atoms with Crippen LogP contribution in [-0.2, 0) is 16.4 Å². The van der Waals surface area contributed by atoms with Crippen molar-refractivity contribution in [3.05, 3.63) is 59.2 Å². The summed E-state index contributed by atoms with van der Waals surface area (Å²) in [5, 5.41) is -0.436. The summed E-state index contributed by atoms with van der Waals surface area (Å²) >= 11 is 1.33. The molecule has 0 radical (unpaired) electrons. The number of hydrogen-bond donors (Lipinski definition) is 1. The van der Waals surface area contributed by atoms with Gasteiger partial charge in [0.05, 0.1) is 18.0 Å². The third-order valence-electron chi connectivity index (χ3n) is 4.43. The Bertz CT molecular complexity index is 945. The molecule has 0 fully saturated rings. The van der Waals surface area contributed by atoms with E-state index in [0.29, 0.717) is 17.7 Å². The first kappa shape index (κ1) is 20.0. The number of alkyl halides is 3. The van der Waals surface area contributed by atoms with Crippen LogP contribution >= 0.6 is 11.8 Å². The maximum atomic E-state index is 12.9. The van der Waals surface area contributed by atoms with Crippen LogP contribution in [0.4, 0.5) is 13.2 Å². The summed E-state index contributed by atoms with van der Waals surface area (Å²) in [5.74, 6) is 0.605. The number of benzene rings is 2. The zero-order chi connectivity index (χ0) is 19.8. The highest BCUT2D eigenvalue weighted by Crippen LogP contribution is 2.45. The van der Waals surface area contributed by atoms with Crippen LogP contribution < -0.4 is 9.46 Å². The van der Waals surface area contributed by atoms with E-state index in [9.17, 15) is 21.6 Å². The second-order valence-corrected chi connectivity index (χ2v) is 9.17. The van der Waals surface area contributed by atoms with Crippen LogP contribution in [0.5, 0.6) is 5.75 Å². The van der Waals surface area contributed by atoms with Crippen LogP contribution in [0, 0.1) is 6.92 Å². The van der Waals surface area contributed by atoms with E-state index in [0.717, 1.165) is 16.0 Å². The number of fused-ring (bicyclic) bond motifs is 1. The van der Waals surface area contributed by atoms with E-state index in [-0.39, 0.29) is 0 Å². The van der Waals surface area contributed by atoms with E-state index in [1.807, 2.05) is 23.8 Å². The first-order valence-corrected chi connectivity index (χ1v) is 10.5. The summed E-state index contributed by atoms with van der Waals surface area (Å²) < 4.78 is 69.5. The SMILES string of the molecule is COc1cccc(C)c1SC1Cc2ccccc2C1NS(=O)(=O)C(F)(F)F. The average molecular weight is 417 g/mol. The third kappa shape index (κ3) is 3.95. The molecule has 146 valence electrons. The highest BCUT2D eigenvalue weighted by Gasteiger charge is 2.49. The number of thioether (sulfide) groups is 1. The zero-order valence-electron chi connectivity index (χ0n) is 14.6. The van der Waals surface area contributed by atoms with E-state index in [1.54, 1.807) is 30.3 Å². The summed E-state index contributed by atoms with van der Waals surface area (Å²) in [6.45, 7) is 1.88. The summed E-state index contributed by atoms with van der Waals surface area (Å²) in [7, 11) is -3.95. The molecule has 1 N–H and O–H groups in total. The van der Waals surface area contributed by atoms with E-state index in [2.05, 4.69) is 0 Å². The van der Waals surface area contributed by atoms with Crippen LogP contribution in [0.1, 0.15) is 22.7 Å². The summed E-state index contributed by atoms with van der Waals surface area (Å²) in [6, 6.07) is 11.4. The Hall–Kier alpha value is -1.71. The minimum atomic E-state index is -5.47. The molecule has 0 aliphatic heterocycles. The Morgan fingerprint density at radius 3 is 2.52 bits per heavy atom. The van der Waals surface area contributed by atoms with Crippen LogP contribution in [0.3, 0.4) is 0 Å². The molecule has 2 atom stereocenters. The Balaban J connectivity index is 1.98. The fourth-order valence-electron chi connectivity index (χ4n) is 3.13. The lowest BCUT2D eigenvalue weighted by atomic mass is 10.1. The highest BCUT2D eigenvalue weighted by molar-refractivity contribution is 8.00. The molecule has 0 saturated heterocycles. The fraction of sp³-hybridized carbons (Fsp3) is 0.333. The van der Waals surface area contributed by atoms with Crippen molar-refractivity contribution in [1.82, 2.24) is 4.72 Å². The van der Waals surface area contributed by atoms with Crippen molar-refractivity contribution in [2.75, 3.05) is 7.11 Å². The van der Waals surface area contributed by atoms with E-state index in [4.69, 9.17) is 4.74 Å². The van der Waals surface area contributed by atoms with Crippen molar-refractivity contribution in [2.45, 2.75) is 35.0 Å². The monoisotopic (exact) mass is 417 g/mol. The molecular weight excluding hydrogens is 399 g/mol. The Labute approximate surface area is 160 Å². The largest absolute Gasteiger partial charge is 0.511 e. The smallest absolute Gasteiger partial charge is 0.496 e. The minimum Gasteiger partial charge on any atom is -0.496 e. The number of rotatable bonds is 5. The average Bonchev–Trinajstić information content (AvgIpc) is 2.93. The van der Waals surface area contributed by atoms with Gasteiger partial charge in [0.25, 0.3) is 0 Å². The minimum absolute atomic E-state index is 0.436. The standard InChI is InChI=1S/C18H18F3NO3S2/c1-11-6-5-9-14(25-2)17(11)26-15-10-12-7-3-4-8-13(12)16(15)22-27(23,24)18(19,20)21/h3-9,15-16,22H,10H2,1-2H3. The first-order chi connectivity index (χ1) is 12.6.